The van der Waals surface area contributed by atoms with E-state index in [0.717, 1.165) is 5.56 Å². The van der Waals surface area contributed by atoms with Gasteiger partial charge in [0.05, 0.1) is 6.04 Å². The van der Waals surface area contributed by atoms with Crippen LogP contribution in [0.25, 0.3) is 6.08 Å². The molecule has 0 spiro atoms. The summed E-state index contributed by atoms with van der Waals surface area (Å²) in [4.78, 5) is 22.9. The van der Waals surface area contributed by atoms with Crippen LogP contribution in [-0.4, -0.2) is 18.5 Å². The lowest BCUT2D eigenvalue weighted by atomic mass is 10.1. The van der Waals surface area contributed by atoms with E-state index in [9.17, 15) is 18.4 Å². The standard InChI is InChI=1S/C19H19F2N3O3/c1-12(13-6-9-15(10-7-13)24-19(22)26)23-17(25)11-8-14-4-2-3-5-16(14)27-18(20)21/h2-12,18H,1H3,(H,23,25)(H3,22,24,26)/b11-8-/t12-/m1/s1. The van der Waals surface area contributed by atoms with Crippen LogP contribution < -0.4 is 21.1 Å². The number of hydrogen-bond acceptors (Lipinski definition) is 3. The summed E-state index contributed by atoms with van der Waals surface area (Å²) in [5, 5.41) is 5.20. The molecule has 6 nitrogen and oxygen atoms in total. The van der Waals surface area contributed by atoms with Gasteiger partial charge in [-0.05, 0) is 36.8 Å². The molecule has 0 aliphatic rings. The minimum Gasteiger partial charge on any atom is -0.434 e. The monoisotopic (exact) mass is 375 g/mol. The lowest BCUT2D eigenvalue weighted by molar-refractivity contribution is -0.117. The molecule has 0 aliphatic heterocycles. The highest BCUT2D eigenvalue weighted by atomic mass is 19.3. The van der Waals surface area contributed by atoms with Crippen LogP contribution in [0.15, 0.2) is 54.6 Å². The van der Waals surface area contributed by atoms with Crippen LogP contribution in [0.5, 0.6) is 5.75 Å². The van der Waals surface area contributed by atoms with Gasteiger partial charge in [-0.2, -0.15) is 8.78 Å². The number of benzene rings is 2. The van der Waals surface area contributed by atoms with Crippen molar-refractivity contribution in [3.8, 4) is 5.75 Å². The molecule has 27 heavy (non-hydrogen) atoms. The van der Waals surface area contributed by atoms with E-state index in [1.165, 1.54) is 18.2 Å². The maximum Gasteiger partial charge on any atom is 0.387 e. The SMILES string of the molecule is C[C@@H](NC(=O)/C=C\c1ccccc1OC(F)F)c1ccc(NC(N)=O)cc1. The van der Waals surface area contributed by atoms with E-state index in [0.29, 0.717) is 11.3 Å². The summed E-state index contributed by atoms with van der Waals surface area (Å²) in [7, 11) is 0. The fourth-order valence-electron chi connectivity index (χ4n) is 2.33. The largest absolute Gasteiger partial charge is 0.434 e. The Bertz CT molecular complexity index is 823. The molecule has 4 N–H and O–H groups in total. The van der Waals surface area contributed by atoms with Gasteiger partial charge in [-0.3, -0.25) is 4.79 Å². The van der Waals surface area contributed by atoms with Crippen molar-refractivity contribution in [1.82, 2.24) is 5.32 Å². The number of carbonyl (C=O) groups is 2. The maximum atomic E-state index is 12.4. The van der Waals surface area contributed by atoms with Crippen molar-refractivity contribution in [3.05, 3.63) is 65.7 Å². The number of alkyl halides is 2. The van der Waals surface area contributed by atoms with Crippen molar-refractivity contribution < 1.29 is 23.1 Å². The summed E-state index contributed by atoms with van der Waals surface area (Å²) in [6.45, 7) is -1.16. The van der Waals surface area contributed by atoms with Crippen LogP contribution in [0.1, 0.15) is 24.1 Å². The Hall–Kier alpha value is -3.42. The summed E-state index contributed by atoms with van der Waals surface area (Å²) in [5.74, 6) is -0.407. The molecule has 8 heteroatoms. The van der Waals surface area contributed by atoms with E-state index in [4.69, 9.17) is 5.73 Å². The first-order valence-electron chi connectivity index (χ1n) is 8.04. The minimum absolute atomic E-state index is 0.0119. The average Bonchev–Trinajstić information content (AvgIpc) is 2.60. The topological polar surface area (TPSA) is 93.4 Å². The maximum absolute atomic E-state index is 12.4. The first-order chi connectivity index (χ1) is 12.8. The summed E-state index contributed by atoms with van der Waals surface area (Å²) < 4.78 is 29.2. The van der Waals surface area contributed by atoms with Crippen molar-refractivity contribution in [3.63, 3.8) is 0 Å². The molecule has 142 valence electrons. The number of urea groups is 1. The van der Waals surface area contributed by atoms with Crippen LogP contribution >= 0.6 is 0 Å². The third-order valence-corrected chi connectivity index (χ3v) is 3.59. The molecular weight excluding hydrogens is 356 g/mol. The number of amides is 3. The van der Waals surface area contributed by atoms with E-state index in [1.54, 1.807) is 49.4 Å². The average molecular weight is 375 g/mol. The molecule has 0 radical (unpaired) electrons. The number of para-hydroxylation sites is 1. The quantitative estimate of drug-likeness (QED) is 0.645. The minimum atomic E-state index is -2.94. The third-order valence-electron chi connectivity index (χ3n) is 3.59. The number of anilines is 1. The molecule has 0 unspecified atom stereocenters. The predicted octanol–water partition coefficient (Wildman–Crippen LogP) is 3.67. The summed E-state index contributed by atoms with van der Waals surface area (Å²) >= 11 is 0. The van der Waals surface area contributed by atoms with Gasteiger partial charge in [0.2, 0.25) is 5.91 Å². The lowest BCUT2D eigenvalue weighted by Crippen LogP contribution is -2.24. The number of nitrogens with one attached hydrogen (secondary N) is 2. The van der Waals surface area contributed by atoms with Gasteiger partial charge in [0.1, 0.15) is 5.75 Å². The molecule has 0 heterocycles. The molecule has 2 aromatic carbocycles. The fourth-order valence-corrected chi connectivity index (χ4v) is 2.33. The molecule has 3 amide bonds. The third kappa shape index (κ3) is 6.43. The number of primary amides is 1. The number of carbonyl (C=O) groups excluding carboxylic acids is 2. The van der Waals surface area contributed by atoms with Crippen molar-refractivity contribution in [2.24, 2.45) is 5.73 Å². The lowest BCUT2D eigenvalue weighted by Gasteiger charge is -2.13. The van der Waals surface area contributed by atoms with Gasteiger partial charge in [-0.15, -0.1) is 0 Å². The molecular formula is C19H19F2N3O3. The molecule has 1 atom stereocenters. The highest BCUT2D eigenvalue weighted by Crippen LogP contribution is 2.21. The van der Waals surface area contributed by atoms with Crippen molar-refractivity contribution in [2.45, 2.75) is 19.6 Å². The van der Waals surface area contributed by atoms with Crippen LogP contribution in [0.2, 0.25) is 0 Å². The normalized spacial score (nSPS) is 12.0. The Kier molecular flexibility index (Phi) is 6.87. The number of halogens is 2. The van der Waals surface area contributed by atoms with Gasteiger partial charge >= 0.3 is 12.6 Å². The second-order valence-corrected chi connectivity index (χ2v) is 5.59. The van der Waals surface area contributed by atoms with Crippen molar-refractivity contribution >= 4 is 23.7 Å². The molecule has 0 bridgehead atoms. The van der Waals surface area contributed by atoms with E-state index in [-0.39, 0.29) is 11.8 Å². The zero-order valence-corrected chi connectivity index (χ0v) is 14.5. The van der Waals surface area contributed by atoms with Gasteiger partial charge in [0.25, 0.3) is 0 Å². The Balaban J connectivity index is 1.99. The van der Waals surface area contributed by atoms with Gasteiger partial charge in [0, 0.05) is 17.3 Å². The second kappa shape index (κ2) is 9.33. The zero-order chi connectivity index (χ0) is 19.8. The molecule has 0 aromatic heterocycles. The smallest absolute Gasteiger partial charge is 0.387 e. The molecule has 0 aliphatic carbocycles. The Labute approximate surface area is 155 Å². The number of nitrogens with two attached hydrogens (primary N) is 1. The molecule has 2 rings (SSSR count). The number of rotatable bonds is 7. The number of ether oxygens (including phenoxy) is 1. The van der Waals surface area contributed by atoms with Crippen LogP contribution in [0, 0.1) is 0 Å². The Morgan fingerprint density at radius 2 is 1.78 bits per heavy atom. The summed E-state index contributed by atoms with van der Waals surface area (Å²) in [6.07, 6.45) is 2.65. The second-order valence-electron chi connectivity index (χ2n) is 5.59. The van der Waals surface area contributed by atoms with E-state index >= 15 is 0 Å². The van der Waals surface area contributed by atoms with Gasteiger partial charge in [-0.25, -0.2) is 4.79 Å². The van der Waals surface area contributed by atoms with Gasteiger partial charge < -0.3 is 21.1 Å². The highest BCUT2D eigenvalue weighted by Gasteiger charge is 2.10. The molecule has 0 saturated heterocycles. The van der Waals surface area contributed by atoms with Crippen LogP contribution in [0.4, 0.5) is 19.3 Å². The Morgan fingerprint density at radius 3 is 2.41 bits per heavy atom. The Morgan fingerprint density at radius 1 is 1.11 bits per heavy atom. The summed E-state index contributed by atoms with van der Waals surface area (Å²) in [5.41, 5.74) is 6.76. The van der Waals surface area contributed by atoms with Gasteiger partial charge in [-0.1, -0.05) is 30.3 Å². The summed E-state index contributed by atoms with van der Waals surface area (Å²) in [6, 6.07) is 12.0. The fraction of sp³-hybridized carbons (Fsp3) is 0.158. The van der Waals surface area contributed by atoms with E-state index < -0.39 is 18.5 Å². The molecule has 0 saturated carbocycles. The van der Waals surface area contributed by atoms with Crippen molar-refractivity contribution in [1.29, 1.82) is 0 Å². The van der Waals surface area contributed by atoms with Crippen LogP contribution in [0.3, 0.4) is 0 Å². The molecule has 0 fully saturated rings. The van der Waals surface area contributed by atoms with E-state index in [1.807, 2.05) is 0 Å². The predicted molar refractivity (Wildman–Crippen MR) is 98.3 cm³/mol. The first-order valence-corrected chi connectivity index (χ1v) is 8.04. The van der Waals surface area contributed by atoms with E-state index in [2.05, 4.69) is 15.4 Å². The van der Waals surface area contributed by atoms with Crippen molar-refractivity contribution in [2.75, 3.05) is 5.32 Å². The van der Waals surface area contributed by atoms with Crippen LogP contribution in [-0.2, 0) is 4.79 Å². The van der Waals surface area contributed by atoms with Gasteiger partial charge in [0.15, 0.2) is 0 Å². The highest BCUT2D eigenvalue weighted by molar-refractivity contribution is 5.92. The first kappa shape index (κ1) is 19.9. The number of hydrogen-bond donors (Lipinski definition) is 3. The molecule has 2 aromatic rings. The zero-order valence-electron chi connectivity index (χ0n) is 14.5.